The summed E-state index contributed by atoms with van der Waals surface area (Å²) in [5, 5.41) is 11.7. The third-order valence-corrected chi connectivity index (χ3v) is 5.18. The second-order valence-electron chi connectivity index (χ2n) is 5.43. The fraction of sp³-hybridized carbons (Fsp3) is 0.105. The first-order valence-electron chi connectivity index (χ1n) is 7.69. The van der Waals surface area contributed by atoms with Gasteiger partial charge in [-0.1, -0.05) is 72.5 Å². The molecule has 1 amide bonds. The van der Waals surface area contributed by atoms with Gasteiger partial charge in [-0.25, -0.2) is 0 Å². The number of hydrogen-bond donors (Lipinski definition) is 0. The van der Waals surface area contributed by atoms with Crippen molar-refractivity contribution in [2.75, 3.05) is 7.11 Å². The zero-order valence-electron chi connectivity index (χ0n) is 13.7. The molecule has 0 unspecified atom stereocenters. The number of carbonyl (C=O) groups is 2. The molecule has 132 valence electrons. The molecule has 0 saturated carbocycles. The summed E-state index contributed by atoms with van der Waals surface area (Å²) in [5.74, 6) is -1.24. The second-order valence-corrected chi connectivity index (χ2v) is 7.10. The van der Waals surface area contributed by atoms with Crippen molar-refractivity contribution in [3.8, 4) is 5.75 Å². The Morgan fingerprint density at radius 1 is 1.19 bits per heavy atom. The molecule has 1 saturated heterocycles. The van der Waals surface area contributed by atoms with E-state index < -0.39 is 17.9 Å². The molecule has 1 atom stereocenters. The Kier molecular flexibility index (Phi) is 5.39. The third-order valence-electron chi connectivity index (χ3n) is 3.85. The molecule has 3 rings (SSSR count). The van der Waals surface area contributed by atoms with Gasteiger partial charge in [0.05, 0.1) is 18.0 Å². The van der Waals surface area contributed by atoms with Gasteiger partial charge in [0, 0.05) is 5.56 Å². The number of nitrogens with zero attached hydrogens (tertiary/aromatic N) is 1. The van der Waals surface area contributed by atoms with Crippen LogP contribution in [-0.4, -0.2) is 28.2 Å². The molecule has 0 spiro atoms. The summed E-state index contributed by atoms with van der Waals surface area (Å²) in [5.41, 5.74) is 1.14. The minimum absolute atomic E-state index is 0.175. The smallest absolute Gasteiger partial charge is 0.267 e. The van der Waals surface area contributed by atoms with E-state index in [2.05, 4.69) is 0 Å². The van der Waals surface area contributed by atoms with Crippen molar-refractivity contribution in [2.24, 2.45) is 0 Å². The average Bonchev–Trinajstić information content (AvgIpc) is 2.91. The lowest BCUT2D eigenvalue weighted by Gasteiger charge is -2.27. The first kappa shape index (κ1) is 18.2. The van der Waals surface area contributed by atoms with Crippen molar-refractivity contribution < 1.29 is 19.4 Å². The molecule has 0 aromatic heterocycles. The molecule has 0 aliphatic carbocycles. The number of benzene rings is 2. The highest BCUT2D eigenvalue weighted by Gasteiger charge is 2.38. The van der Waals surface area contributed by atoms with Crippen LogP contribution in [0.3, 0.4) is 0 Å². The van der Waals surface area contributed by atoms with Crippen LogP contribution in [-0.2, 0) is 9.59 Å². The standard InChI is InChI=1S/C19H15NO4S2/c1-24-14-10-6-5-9-13(14)11-15-17(21)20(19(25)26-15)16(18(22)23)12-7-3-2-4-8-12/h2-11,16H,1H3,(H,22,23)/p-1/b15-11+/t16-/m1/s1. The number of thiocarbonyl (C=S) groups is 1. The Hall–Kier alpha value is -2.64. The molecule has 1 fully saturated rings. The highest BCUT2D eigenvalue weighted by Crippen LogP contribution is 2.38. The fourth-order valence-electron chi connectivity index (χ4n) is 2.66. The summed E-state index contributed by atoms with van der Waals surface area (Å²) in [4.78, 5) is 26.0. The Balaban J connectivity index is 1.98. The summed E-state index contributed by atoms with van der Waals surface area (Å²) in [6.45, 7) is 0. The summed E-state index contributed by atoms with van der Waals surface area (Å²) in [6.07, 6.45) is 1.65. The first-order valence-corrected chi connectivity index (χ1v) is 8.91. The third kappa shape index (κ3) is 3.49. The number of hydrogen-bond acceptors (Lipinski definition) is 6. The number of carboxylic acids is 1. The molecule has 0 N–H and O–H groups in total. The van der Waals surface area contributed by atoms with E-state index in [-0.39, 0.29) is 4.32 Å². The Morgan fingerprint density at radius 2 is 1.85 bits per heavy atom. The molecule has 0 bridgehead atoms. The van der Waals surface area contributed by atoms with Crippen LogP contribution in [0.4, 0.5) is 0 Å². The topological polar surface area (TPSA) is 69.7 Å². The van der Waals surface area contributed by atoms with Crippen molar-refractivity contribution in [1.29, 1.82) is 0 Å². The SMILES string of the molecule is COc1ccccc1/C=C1/SC(=S)N([C@@H](C(=O)[O-])c2ccccc2)C1=O. The Morgan fingerprint density at radius 3 is 2.50 bits per heavy atom. The predicted octanol–water partition coefficient (Wildman–Crippen LogP) is 2.39. The van der Waals surface area contributed by atoms with E-state index in [4.69, 9.17) is 17.0 Å². The number of carboxylic acid groups (broad SMARTS) is 1. The van der Waals surface area contributed by atoms with E-state index in [9.17, 15) is 14.7 Å². The van der Waals surface area contributed by atoms with E-state index in [0.717, 1.165) is 16.7 Å². The molecular weight excluding hydrogens is 370 g/mol. The first-order chi connectivity index (χ1) is 12.5. The molecule has 1 heterocycles. The van der Waals surface area contributed by atoms with Crippen LogP contribution in [0.1, 0.15) is 17.2 Å². The van der Waals surface area contributed by atoms with E-state index in [1.54, 1.807) is 55.7 Å². The maximum atomic E-state index is 12.9. The highest BCUT2D eigenvalue weighted by atomic mass is 32.2. The summed E-state index contributed by atoms with van der Waals surface area (Å²) in [7, 11) is 1.54. The second kappa shape index (κ2) is 7.72. The lowest BCUT2D eigenvalue weighted by Crippen LogP contribution is -2.43. The van der Waals surface area contributed by atoms with Crippen molar-refractivity contribution >= 4 is 46.3 Å². The van der Waals surface area contributed by atoms with Crippen molar-refractivity contribution in [1.82, 2.24) is 4.90 Å². The Labute approximate surface area is 160 Å². The van der Waals surface area contributed by atoms with Gasteiger partial charge in [-0.3, -0.25) is 9.69 Å². The largest absolute Gasteiger partial charge is 0.547 e. The highest BCUT2D eigenvalue weighted by molar-refractivity contribution is 8.26. The van der Waals surface area contributed by atoms with Crippen LogP contribution < -0.4 is 9.84 Å². The minimum atomic E-state index is -1.38. The van der Waals surface area contributed by atoms with Crippen LogP contribution in [0.2, 0.25) is 0 Å². The van der Waals surface area contributed by atoms with Crippen LogP contribution in [0.25, 0.3) is 6.08 Å². The number of methoxy groups -OCH3 is 1. The molecule has 2 aromatic carbocycles. The fourth-order valence-corrected chi connectivity index (χ4v) is 3.96. The van der Waals surface area contributed by atoms with Gasteiger partial charge in [-0.15, -0.1) is 0 Å². The Bertz CT molecular complexity index is 895. The number of thioether (sulfide) groups is 1. The zero-order valence-corrected chi connectivity index (χ0v) is 15.4. The number of amides is 1. The summed E-state index contributed by atoms with van der Waals surface area (Å²) >= 11 is 6.33. The molecule has 26 heavy (non-hydrogen) atoms. The minimum Gasteiger partial charge on any atom is -0.547 e. The predicted molar refractivity (Wildman–Crippen MR) is 102 cm³/mol. The quantitative estimate of drug-likeness (QED) is 0.582. The van der Waals surface area contributed by atoms with Gasteiger partial charge < -0.3 is 14.6 Å². The van der Waals surface area contributed by atoms with Gasteiger partial charge in [0.2, 0.25) is 0 Å². The summed E-state index contributed by atoms with van der Waals surface area (Å²) in [6, 6.07) is 14.4. The lowest BCUT2D eigenvalue weighted by atomic mass is 10.1. The number of carbonyl (C=O) groups excluding carboxylic acids is 2. The van der Waals surface area contributed by atoms with Gasteiger partial charge in [0.1, 0.15) is 16.1 Å². The molecular formula is C19H14NO4S2-. The van der Waals surface area contributed by atoms with Crippen LogP contribution >= 0.6 is 24.0 Å². The van der Waals surface area contributed by atoms with E-state index in [0.29, 0.717) is 21.8 Å². The van der Waals surface area contributed by atoms with Crippen molar-refractivity contribution in [3.63, 3.8) is 0 Å². The van der Waals surface area contributed by atoms with Crippen molar-refractivity contribution in [3.05, 3.63) is 70.6 Å². The zero-order chi connectivity index (χ0) is 18.7. The molecule has 5 nitrogen and oxygen atoms in total. The lowest BCUT2D eigenvalue weighted by molar-refractivity contribution is -0.310. The number of ether oxygens (including phenoxy) is 1. The number of rotatable bonds is 5. The van der Waals surface area contributed by atoms with Gasteiger partial charge >= 0.3 is 0 Å². The van der Waals surface area contributed by atoms with Gasteiger partial charge in [-0.05, 0) is 17.7 Å². The summed E-state index contributed by atoms with van der Waals surface area (Å²) < 4.78 is 5.46. The van der Waals surface area contributed by atoms with E-state index in [1.165, 1.54) is 0 Å². The maximum absolute atomic E-state index is 12.9. The molecule has 2 aromatic rings. The van der Waals surface area contributed by atoms with E-state index in [1.807, 2.05) is 12.1 Å². The van der Waals surface area contributed by atoms with E-state index >= 15 is 0 Å². The number of aliphatic carboxylic acids is 1. The molecule has 0 radical (unpaired) electrons. The van der Waals surface area contributed by atoms with Gasteiger partial charge in [0.15, 0.2) is 0 Å². The van der Waals surface area contributed by atoms with Gasteiger partial charge in [-0.2, -0.15) is 0 Å². The monoisotopic (exact) mass is 384 g/mol. The van der Waals surface area contributed by atoms with Gasteiger partial charge in [0.25, 0.3) is 5.91 Å². The maximum Gasteiger partial charge on any atom is 0.267 e. The number of para-hydroxylation sites is 1. The molecule has 1 aliphatic rings. The molecule has 1 aliphatic heterocycles. The average molecular weight is 384 g/mol. The normalized spacial score (nSPS) is 16.8. The van der Waals surface area contributed by atoms with Crippen LogP contribution in [0.5, 0.6) is 5.75 Å². The molecule has 7 heteroatoms. The van der Waals surface area contributed by atoms with Crippen LogP contribution in [0.15, 0.2) is 59.5 Å². The van der Waals surface area contributed by atoms with Crippen molar-refractivity contribution in [2.45, 2.75) is 6.04 Å². The van der Waals surface area contributed by atoms with Crippen LogP contribution in [0, 0.1) is 0 Å².